The number of ether oxygens (including phenoxy) is 2. The molecule has 0 bridgehead atoms. The molecule has 0 N–H and O–H groups in total. The maximum Gasteiger partial charge on any atom is 0.331 e. The van der Waals surface area contributed by atoms with E-state index >= 15 is 0 Å². The first-order chi connectivity index (χ1) is 15.0. The minimum absolute atomic E-state index is 0.123. The monoisotopic (exact) mass is 423 g/mol. The van der Waals surface area contributed by atoms with Crippen LogP contribution in [-0.2, 0) is 30.8 Å². The van der Waals surface area contributed by atoms with E-state index in [4.69, 9.17) is 9.47 Å². The topological polar surface area (TPSA) is 82.8 Å². The fourth-order valence-corrected chi connectivity index (χ4v) is 4.13. The lowest BCUT2D eigenvalue weighted by molar-refractivity contribution is -0.132. The molecule has 162 valence electrons. The van der Waals surface area contributed by atoms with Crippen LogP contribution in [0.5, 0.6) is 11.5 Å². The molecule has 0 saturated carbocycles. The van der Waals surface area contributed by atoms with Crippen LogP contribution in [0.1, 0.15) is 18.1 Å². The molecule has 0 unspecified atom stereocenters. The Morgan fingerprint density at radius 3 is 2.35 bits per heavy atom. The van der Waals surface area contributed by atoms with Gasteiger partial charge in [0.15, 0.2) is 11.5 Å². The Kier molecular flexibility index (Phi) is 5.54. The molecule has 1 amide bonds. The van der Waals surface area contributed by atoms with Gasteiger partial charge in [-0.1, -0.05) is 12.1 Å². The highest BCUT2D eigenvalue weighted by atomic mass is 16.5. The molecule has 0 radical (unpaired) electrons. The molecule has 1 aliphatic rings. The Morgan fingerprint density at radius 2 is 1.68 bits per heavy atom. The number of aromatic nitrogens is 2. The molecule has 0 atom stereocenters. The van der Waals surface area contributed by atoms with Gasteiger partial charge in [0.25, 0.3) is 5.56 Å². The highest BCUT2D eigenvalue weighted by Crippen LogP contribution is 2.33. The normalized spacial score (nSPS) is 13.2. The standard InChI is InChI=1S/C23H25N3O5/c1-4-25-22(28)17-7-5-6-8-18(17)26(23(25)29)14-21(27)24-10-9-15-11-19(30-2)20(31-3)12-16(15)13-24/h5-8,11-12H,4,9-10,13-14H2,1-3H3. The zero-order valence-corrected chi connectivity index (χ0v) is 17.9. The molecule has 2 heterocycles. The maximum atomic E-state index is 13.2. The molecule has 0 fully saturated rings. The number of nitrogens with zero attached hydrogens (tertiary/aromatic N) is 3. The van der Waals surface area contributed by atoms with Gasteiger partial charge in [0.2, 0.25) is 5.91 Å². The SMILES string of the molecule is CCn1c(=O)c2ccccc2n(CC(=O)N2CCc3cc(OC)c(OC)cc3C2)c1=O. The average molecular weight is 423 g/mol. The Hall–Kier alpha value is -3.55. The summed E-state index contributed by atoms with van der Waals surface area (Å²) in [6, 6.07) is 10.7. The average Bonchev–Trinajstić information content (AvgIpc) is 2.80. The number of methoxy groups -OCH3 is 2. The lowest BCUT2D eigenvalue weighted by Gasteiger charge is -2.30. The van der Waals surface area contributed by atoms with Crippen LogP contribution in [0.25, 0.3) is 10.9 Å². The molecular formula is C23H25N3O5. The zero-order valence-electron chi connectivity index (χ0n) is 17.9. The molecule has 4 rings (SSSR count). The lowest BCUT2D eigenvalue weighted by atomic mass is 9.98. The van der Waals surface area contributed by atoms with E-state index in [0.29, 0.717) is 41.9 Å². The second-order valence-electron chi connectivity index (χ2n) is 7.48. The molecule has 0 aliphatic carbocycles. The van der Waals surface area contributed by atoms with E-state index in [1.165, 1.54) is 4.57 Å². The fraction of sp³-hybridized carbons (Fsp3) is 0.348. The van der Waals surface area contributed by atoms with Gasteiger partial charge in [0, 0.05) is 19.6 Å². The van der Waals surface area contributed by atoms with Gasteiger partial charge in [-0.05, 0) is 48.7 Å². The van der Waals surface area contributed by atoms with Gasteiger partial charge in [-0.3, -0.25) is 18.7 Å². The molecule has 3 aromatic rings. The molecule has 31 heavy (non-hydrogen) atoms. The van der Waals surface area contributed by atoms with Crippen molar-refractivity contribution in [1.82, 2.24) is 14.0 Å². The number of amides is 1. The number of hydrogen-bond acceptors (Lipinski definition) is 5. The van der Waals surface area contributed by atoms with Crippen molar-refractivity contribution in [3.05, 3.63) is 68.4 Å². The summed E-state index contributed by atoms with van der Waals surface area (Å²) in [7, 11) is 3.18. The Bertz CT molecular complexity index is 1270. The number of para-hydroxylation sites is 1. The van der Waals surface area contributed by atoms with Crippen LogP contribution >= 0.6 is 0 Å². The minimum atomic E-state index is -0.469. The highest BCUT2D eigenvalue weighted by Gasteiger charge is 2.24. The highest BCUT2D eigenvalue weighted by molar-refractivity contribution is 5.82. The second-order valence-corrected chi connectivity index (χ2v) is 7.48. The summed E-state index contributed by atoms with van der Waals surface area (Å²) in [5.74, 6) is 1.11. The molecule has 8 nitrogen and oxygen atoms in total. The maximum absolute atomic E-state index is 13.2. The van der Waals surface area contributed by atoms with Crippen LogP contribution in [0.3, 0.4) is 0 Å². The smallest absolute Gasteiger partial charge is 0.331 e. The van der Waals surface area contributed by atoms with Crippen LogP contribution in [0, 0.1) is 0 Å². The number of fused-ring (bicyclic) bond motifs is 2. The zero-order chi connectivity index (χ0) is 22.1. The molecule has 1 aromatic heterocycles. The van der Waals surface area contributed by atoms with E-state index in [9.17, 15) is 14.4 Å². The molecule has 1 aliphatic heterocycles. The van der Waals surface area contributed by atoms with E-state index in [2.05, 4.69) is 0 Å². The Labute approximate surface area is 179 Å². The van der Waals surface area contributed by atoms with Gasteiger partial charge >= 0.3 is 5.69 Å². The van der Waals surface area contributed by atoms with Gasteiger partial charge in [-0.2, -0.15) is 0 Å². The van der Waals surface area contributed by atoms with Crippen LogP contribution < -0.4 is 20.7 Å². The van der Waals surface area contributed by atoms with Crippen LogP contribution in [0.4, 0.5) is 0 Å². The van der Waals surface area contributed by atoms with Gasteiger partial charge < -0.3 is 14.4 Å². The Morgan fingerprint density at radius 1 is 1.00 bits per heavy atom. The summed E-state index contributed by atoms with van der Waals surface area (Å²) in [6.45, 7) is 2.83. The predicted octanol–water partition coefficient (Wildman–Crippen LogP) is 1.79. The molecular weight excluding hydrogens is 398 g/mol. The van der Waals surface area contributed by atoms with Crippen molar-refractivity contribution in [1.29, 1.82) is 0 Å². The van der Waals surface area contributed by atoms with Crippen molar-refractivity contribution in [2.75, 3.05) is 20.8 Å². The van der Waals surface area contributed by atoms with Crippen molar-refractivity contribution in [2.45, 2.75) is 33.0 Å². The predicted molar refractivity (Wildman–Crippen MR) is 117 cm³/mol. The van der Waals surface area contributed by atoms with Crippen molar-refractivity contribution in [2.24, 2.45) is 0 Å². The van der Waals surface area contributed by atoms with Crippen molar-refractivity contribution >= 4 is 16.8 Å². The van der Waals surface area contributed by atoms with E-state index in [1.54, 1.807) is 50.3 Å². The number of benzene rings is 2. The van der Waals surface area contributed by atoms with Gasteiger partial charge in [-0.25, -0.2) is 4.79 Å². The van der Waals surface area contributed by atoms with Crippen molar-refractivity contribution in [3.63, 3.8) is 0 Å². The van der Waals surface area contributed by atoms with Crippen LogP contribution in [0.2, 0.25) is 0 Å². The molecule has 2 aromatic carbocycles. The number of carbonyl (C=O) groups excluding carboxylic acids is 1. The van der Waals surface area contributed by atoms with E-state index in [-0.39, 0.29) is 24.6 Å². The summed E-state index contributed by atoms with van der Waals surface area (Å²) in [4.78, 5) is 40.4. The quantitative estimate of drug-likeness (QED) is 0.625. The minimum Gasteiger partial charge on any atom is -0.493 e. The van der Waals surface area contributed by atoms with E-state index in [1.807, 2.05) is 12.1 Å². The van der Waals surface area contributed by atoms with Crippen molar-refractivity contribution in [3.8, 4) is 11.5 Å². The van der Waals surface area contributed by atoms with E-state index in [0.717, 1.165) is 15.7 Å². The van der Waals surface area contributed by atoms with Crippen molar-refractivity contribution < 1.29 is 14.3 Å². The van der Waals surface area contributed by atoms with Gasteiger partial charge in [0.1, 0.15) is 6.54 Å². The summed E-state index contributed by atoms with van der Waals surface area (Å²) in [6.07, 6.45) is 0.686. The summed E-state index contributed by atoms with van der Waals surface area (Å²) < 4.78 is 13.3. The first-order valence-electron chi connectivity index (χ1n) is 10.2. The Balaban J connectivity index is 1.67. The number of hydrogen-bond donors (Lipinski definition) is 0. The third kappa shape index (κ3) is 3.58. The molecule has 0 spiro atoms. The van der Waals surface area contributed by atoms with Gasteiger partial charge in [-0.15, -0.1) is 0 Å². The van der Waals surface area contributed by atoms with Crippen LogP contribution in [-0.4, -0.2) is 40.7 Å². The van der Waals surface area contributed by atoms with E-state index < -0.39 is 5.69 Å². The largest absolute Gasteiger partial charge is 0.493 e. The second kappa shape index (κ2) is 8.29. The molecule has 0 saturated heterocycles. The third-order valence-electron chi connectivity index (χ3n) is 5.81. The van der Waals surface area contributed by atoms with Crippen LogP contribution in [0.15, 0.2) is 46.0 Å². The summed E-state index contributed by atoms with van der Waals surface area (Å²) in [5.41, 5.74) is 1.78. The lowest BCUT2D eigenvalue weighted by Crippen LogP contribution is -2.44. The first kappa shape index (κ1) is 20.7. The summed E-state index contributed by atoms with van der Waals surface area (Å²) in [5, 5.41) is 0.428. The summed E-state index contributed by atoms with van der Waals surface area (Å²) >= 11 is 0. The first-order valence-corrected chi connectivity index (χ1v) is 10.2. The molecule has 8 heteroatoms. The third-order valence-corrected chi connectivity index (χ3v) is 5.81. The number of carbonyl (C=O) groups is 1. The number of rotatable bonds is 5. The fourth-order valence-electron chi connectivity index (χ4n) is 4.13. The van der Waals surface area contributed by atoms with Gasteiger partial charge in [0.05, 0.1) is 25.1 Å².